The van der Waals surface area contributed by atoms with E-state index in [1.165, 1.54) is 32.1 Å². The number of ether oxygens (including phenoxy) is 1. The zero-order valence-electron chi connectivity index (χ0n) is 16.7. The molecule has 1 unspecified atom stereocenters. The minimum Gasteiger partial charge on any atom is -0.446 e. The van der Waals surface area contributed by atoms with E-state index in [4.69, 9.17) is 10.5 Å². The van der Waals surface area contributed by atoms with Crippen molar-refractivity contribution in [1.29, 1.82) is 0 Å². The van der Waals surface area contributed by atoms with Gasteiger partial charge in [0.25, 0.3) is 0 Å². The molecular formula is C21H39NO2. The zero-order chi connectivity index (χ0) is 18.1. The quantitative estimate of drug-likeness (QED) is 0.693. The third-order valence-electron chi connectivity index (χ3n) is 7.76. The molecule has 6 atom stereocenters. The minimum absolute atomic E-state index is 0.0160. The number of carbonyl (C=O) groups excluding carboxylic acids is 1. The molecule has 0 aromatic rings. The predicted molar refractivity (Wildman–Crippen MR) is 99.6 cm³/mol. The third-order valence-corrected chi connectivity index (χ3v) is 7.76. The molecule has 24 heavy (non-hydrogen) atoms. The van der Waals surface area contributed by atoms with Crippen molar-refractivity contribution < 1.29 is 9.53 Å². The van der Waals surface area contributed by atoms with Gasteiger partial charge in [-0.15, -0.1) is 0 Å². The Kier molecular flexibility index (Phi) is 5.92. The van der Waals surface area contributed by atoms with Crippen molar-refractivity contribution in [2.24, 2.45) is 40.2 Å². The summed E-state index contributed by atoms with van der Waals surface area (Å²) in [6.07, 6.45) is 7.79. The number of hydrogen-bond donors (Lipinski definition) is 1. The Hall–Kier alpha value is -0.730. The van der Waals surface area contributed by atoms with Gasteiger partial charge < -0.3 is 10.5 Å². The zero-order valence-corrected chi connectivity index (χ0v) is 16.7. The minimum atomic E-state index is -0.599. The van der Waals surface area contributed by atoms with Crippen molar-refractivity contribution >= 4 is 6.09 Å². The van der Waals surface area contributed by atoms with Gasteiger partial charge in [0.15, 0.2) is 0 Å². The molecule has 1 amide bonds. The van der Waals surface area contributed by atoms with E-state index in [0.29, 0.717) is 23.2 Å². The van der Waals surface area contributed by atoms with Crippen molar-refractivity contribution in [1.82, 2.24) is 0 Å². The van der Waals surface area contributed by atoms with Gasteiger partial charge >= 0.3 is 6.09 Å². The number of amides is 1. The predicted octanol–water partition coefficient (Wildman–Crippen LogP) is 5.77. The highest BCUT2D eigenvalue weighted by molar-refractivity contribution is 5.65. The molecule has 2 rings (SSSR count). The van der Waals surface area contributed by atoms with Crippen LogP contribution in [0, 0.1) is 34.5 Å². The molecular weight excluding hydrogens is 298 g/mol. The molecule has 2 saturated carbocycles. The Labute approximate surface area is 149 Å². The summed E-state index contributed by atoms with van der Waals surface area (Å²) in [5, 5.41) is 0. The molecule has 0 bridgehead atoms. The molecule has 140 valence electrons. The summed E-state index contributed by atoms with van der Waals surface area (Å²) in [7, 11) is 0. The van der Waals surface area contributed by atoms with E-state index in [9.17, 15) is 4.79 Å². The van der Waals surface area contributed by atoms with Gasteiger partial charge in [0.05, 0.1) is 0 Å². The monoisotopic (exact) mass is 337 g/mol. The summed E-state index contributed by atoms with van der Waals surface area (Å²) in [5.41, 5.74) is 5.81. The van der Waals surface area contributed by atoms with Gasteiger partial charge in [-0.2, -0.15) is 0 Å². The molecule has 0 saturated heterocycles. The lowest BCUT2D eigenvalue weighted by Crippen LogP contribution is -2.59. The van der Waals surface area contributed by atoms with Crippen LogP contribution >= 0.6 is 0 Å². The van der Waals surface area contributed by atoms with Crippen LogP contribution in [0.5, 0.6) is 0 Å². The normalized spacial score (nSPS) is 39.8. The van der Waals surface area contributed by atoms with Crippen LogP contribution < -0.4 is 5.73 Å². The number of nitrogens with two attached hydrogens (primary N) is 1. The fraction of sp³-hybridized carbons (Fsp3) is 0.952. The van der Waals surface area contributed by atoms with Gasteiger partial charge in [0.1, 0.15) is 6.10 Å². The summed E-state index contributed by atoms with van der Waals surface area (Å²) >= 11 is 0. The molecule has 0 spiro atoms. The summed E-state index contributed by atoms with van der Waals surface area (Å²) < 4.78 is 5.71. The van der Waals surface area contributed by atoms with Crippen molar-refractivity contribution in [2.45, 2.75) is 92.6 Å². The second-order valence-electron chi connectivity index (χ2n) is 9.62. The van der Waals surface area contributed by atoms with Crippen molar-refractivity contribution in [2.75, 3.05) is 0 Å². The molecule has 0 heterocycles. The first-order valence-electron chi connectivity index (χ1n) is 10.1. The highest BCUT2D eigenvalue weighted by Gasteiger charge is 2.59. The van der Waals surface area contributed by atoms with Gasteiger partial charge in [-0.3, -0.25) is 0 Å². The van der Waals surface area contributed by atoms with Crippen LogP contribution in [0.2, 0.25) is 0 Å². The average molecular weight is 338 g/mol. The molecule has 0 radical (unpaired) electrons. The van der Waals surface area contributed by atoms with Gasteiger partial charge in [-0.1, -0.05) is 60.8 Å². The molecule has 3 nitrogen and oxygen atoms in total. The lowest BCUT2D eigenvalue weighted by Gasteiger charge is -2.61. The molecule has 2 aliphatic carbocycles. The largest absolute Gasteiger partial charge is 0.446 e. The molecule has 0 aromatic heterocycles. The van der Waals surface area contributed by atoms with Crippen LogP contribution in [-0.4, -0.2) is 12.2 Å². The second-order valence-corrected chi connectivity index (χ2v) is 9.62. The van der Waals surface area contributed by atoms with Crippen LogP contribution in [0.4, 0.5) is 4.79 Å². The lowest BCUT2D eigenvalue weighted by atomic mass is 9.45. The van der Waals surface area contributed by atoms with Gasteiger partial charge in [0.2, 0.25) is 0 Å². The summed E-state index contributed by atoms with van der Waals surface area (Å²) in [4.78, 5) is 11.5. The molecule has 2 N–H and O–H groups in total. The van der Waals surface area contributed by atoms with E-state index in [0.717, 1.165) is 18.8 Å². The van der Waals surface area contributed by atoms with E-state index >= 15 is 0 Å². The highest BCUT2D eigenvalue weighted by atomic mass is 16.6. The number of fused-ring (bicyclic) bond motifs is 1. The third kappa shape index (κ3) is 3.60. The number of hydrogen-bond acceptors (Lipinski definition) is 2. The van der Waals surface area contributed by atoms with Crippen molar-refractivity contribution in [3.05, 3.63) is 0 Å². The average Bonchev–Trinajstić information content (AvgIpc) is 2.49. The first kappa shape index (κ1) is 19.6. The van der Waals surface area contributed by atoms with E-state index in [-0.39, 0.29) is 11.5 Å². The molecule has 2 fully saturated rings. The standard InChI is InChI=1S/C21H39NO2/c1-7-14(2)8-10-16-15(3)9-11-17-20(4,5)13-12-18(21(16,17)6)24-19(22)23/h14-18H,7-13H2,1-6H3,(H2,22,23)/t14-,15+,16+,17+,18?,21-/m1/s1. The number of carbonyl (C=O) groups is 1. The summed E-state index contributed by atoms with van der Waals surface area (Å²) in [5.74, 6) is 2.70. The lowest BCUT2D eigenvalue weighted by molar-refractivity contribution is -0.167. The summed E-state index contributed by atoms with van der Waals surface area (Å²) in [6.45, 7) is 14.3. The number of primary amides is 1. The highest BCUT2D eigenvalue weighted by Crippen LogP contribution is 2.62. The van der Waals surface area contributed by atoms with Gasteiger partial charge in [0, 0.05) is 5.41 Å². The fourth-order valence-corrected chi connectivity index (χ4v) is 6.09. The Morgan fingerprint density at radius 3 is 2.50 bits per heavy atom. The molecule has 0 aliphatic heterocycles. The van der Waals surface area contributed by atoms with E-state index in [2.05, 4.69) is 41.5 Å². The Bertz CT molecular complexity index is 447. The van der Waals surface area contributed by atoms with Gasteiger partial charge in [-0.25, -0.2) is 4.79 Å². The first-order chi connectivity index (χ1) is 11.1. The molecule has 2 aliphatic rings. The molecule has 0 aromatic carbocycles. The maximum atomic E-state index is 11.5. The van der Waals surface area contributed by atoms with Crippen LogP contribution in [-0.2, 0) is 4.74 Å². The number of rotatable bonds is 5. The van der Waals surface area contributed by atoms with Crippen LogP contribution in [0.3, 0.4) is 0 Å². The molecule has 3 heteroatoms. The SMILES string of the molecule is CC[C@@H](C)CC[C@H]1[C@@H](C)CC[C@H]2C(C)(C)CCC(OC(N)=O)[C@]12C. The maximum absolute atomic E-state index is 11.5. The Morgan fingerprint density at radius 1 is 1.25 bits per heavy atom. The van der Waals surface area contributed by atoms with Crippen molar-refractivity contribution in [3.8, 4) is 0 Å². The maximum Gasteiger partial charge on any atom is 0.404 e. The Balaban J connectivity index is 2.33. The van der Waals surface area contributed by atoms with Crippen molar-refractivity contribution in [3.63, 3.8) is 0 Å². The van der Waals surface area contributed by atoms with Crippen LogP contribution in [0.25, 0.3) is 0 Å². The Morgan fingerprint density at radius 2 is 1.92 bits per heavy atom. The summed E-state index contributed by atoms with van der Waals surface area (Å²) in [6, 6.07) is 0. The topological polar surface area (TPSA) is 52.3 Å². The van der Waals surface area contributed by atoms with E-state index in [1.54, 1.807) is 0 Å². The second kappa shape index (κ2) is 7.25. The van der Waals surface area contributed by atoms with E-state index in [1.807, 2.05) is 0 Å². The van der Waals surface area contributed by atoms with Crippen LogP contribution in [0.1, 0.15) is 86.5 Å². The van der Waals surface area contributed by atoms with E-state index < -0.39 is 6.09 Å². The fourth-order valence-electron chi connectivity index (χ4n) is 6.09. The van der Waals surface area contributed by atoms with Crippen LogP contribution in [0.15, 0.2) is 0 Å². The van der Waals surface area contributed by atoms with Gasteiger partial charge in [-0.05, 0) is 54.8 Å². The smallest absolute Gasteiger partial charge is 0.404 e. The first-order valence-corrected chi connectivity index (χ1v) is 10.1.